The molecule has 2 nitrogen and oxygen atoms in total. The quantitative estimate of drug-likeness (QED) is 0.781. The molecular formula is C10H12N2S2. The van der Waals surface area contributed by atoms with Crippen LogP contribution in [0.15, 0.2) is 12.1 Å². The number of anilines is 2. The van der Waals surface area contributed by atoms with Gasteiger partial charge >= 0.3 is 0 Å². The average Bonchev–Trinajstić information content (AvgIpc) is 2.57. The maximum absolute atomic E-state index is 5.91. The van der Waals surface area contributed by atoms with Gasteiger partial charge in [-0.15, -0.1) is 22.7 Å². The first kappa shape index (κ1) is 9.55. The molecule has 0 aromatic carbocycles. The molecule has 0 amide bonds. The minimum Gasteiger partial charge on any atom is -0.398 e. The lowest BCUT2D eigenvalue weighted by atomic mass is 10.3. The van der Waals surface area contributed by atoms with Crippen molar-refractivity contribution in [3.05, 3.63) is 21.9 Å². The Labute approximate surface area is 91.2 Å². The highest BCUT2D eigenvalue weighted by molar-refractivity contribution is 7.22. The van der Waals surface area contributed by atoms with E-state index in [0.29, 0.717) is 0 Å². The summed E-state index contributed by atoms with van der Waals surface area (Å²) in [4.78, 5) is 4.72. The predicted molar refractivity (Wildman–Crippen MR) is 65.9 cm³/mol. The number of nitrogens with two attached hydrogens (primary N) is 2. The molecule has 0 saturated carbocycles. The van der Waals surface area contributed by atoms with Crippen LogP contribution in [-0.2, 0) is 0 Å². The van der Waals surface area contributed by atoms with Crippen LogP contribution in [0.4, 0.5) is 11.4 Å². The van der Waals surface area contributed by atoms with Crippen LogP contribution in [0.3, 0.4) is 0 Å². The highest BCUT2D eigenvalue weighted by atomic mass is 32.1. The van der Waals surface area contributed by atoms with Gasteiger partial charge in [0.25, 0.3) is 0 Å². The molecule has 0 bridgehead atoms. The Morgan fingerprint density at radius 3 is 2.14 bits per heavy atom. The maximum Gasteiger partial charge on any atom is 0.0675 e. The van der Waals surface area contributed by atoms with Gasteiger partial charge in [0.05, 0.1) is 10.6 Å². The third kappa shape index (κ3) is 1.51. The van der Waals surface area contributed by atoms with E-state index in [4.69, 9.17) is 11.5 Å². The van der Waals surface area contributed by atoms with Gasteiger partial charge in [0, 0.05) is 20.3 Å². The van der Waals surface area contributed by atoms with E-state index in [0.717, 1.165) is 21.1 Å². The van der Waals surface area contributed by atoms with E-state index in [2.05, 4.69) is 6.92 Å². The summed E-state index contributed by atoms with van der Waals surface area (Å²) in [5.41, 5.74) is 13.4. The first-order valence-electron chi connectivity index (χ1n) is 4.30. The van der Waals surface area contributed by atoms with Crippen LogP contribution < -0.4 is 11.5 Å². The van der Waals surface area contributed by atoms with Gasteiger partial charge in [-0.1, -0.05) is 0 Å². The topological polar surface area (TPSA) is 52.0 Å². The van der Waals surface area contributed by atoms with Crippen LogP contribution in [0.1, 0.15) is 9.75 Å². The molecule has 2 aromatic rings. The molecule has 2 heterocycles. The Bertz CT molecular complexity index is 449. The largest absolute Gasteiger partial charge is 0.398 e. The third-order valence-corrected chi connectivity index (χ3v) is 4.38. The average molecular weight is 224 g/mol. The number of nitrogen functional groups attached to an aromatic ring is 2. The van der Waals surface area contributed by atoms with Crippen molar-refractivity contribution in [2.24, 2.45) is 0 Å². The lowest BCUT2D eigenvalue weighted by Crippen LogP contribution is -1.82. The van der Waals surface area contributed by atoms with Crippen LogP contribution >= 0.6 is 22.7 Å². The van der Waals surface area contributed by atoms with Gasteiger partial charge < -0.3 is 11.5 Å². The summed E-state index contributed by atoms with van der Waals surface area (Å²) >= 11 is 3.42. The summed E-state index contributed by atoms with van der Waals surface area (Å²) in [7, 11) is 0. The normalized spacial score (nSPS) is 10.7. The Hall–Kier alpha value is -1.00. The molecule has 2 rings (SSSR count). The molecule has 0 radical (unpaired) electrons. The molecule has 4 N–H and O–H groups in total. The third-order valence-electron chi connectivity index (χ3n) is 2.06. The van der Waals surface area contributed by atoms with E-state index in [1.165, 1.54) is 9.75 Å². The van der Waals surface area contributed by atoms with Crippen LogP contribution in [0.5, 0.6) is 0 Å². The Morgan fingerprint density at radius 1 is 1.00 bits per heavy atom. The zero-order valence-corrected chi connectivity index (χ0v) is 9.76. The van der Waals surface area contributed by atoms with E-state index >= 15 is 0 Å². The Balaban J connectivity index is 2.54. The maximum atomic E-state index is 5.91. The zero-order chi connectivity index (χ0) is 10.3. The minimum absolute atomic E-state index is 0.855. The summed E-state index contributed by atoms with van der Waals surface area (Å²) in [6, 6.07) is 4.01. The summed E-state index contributed by atoms with van der Waals surface area (Å²) in [5.74, 6) is 0. The van der Waals surface area contributed by atoms with Crippen molar-refractivity contribution < 1.29 is 0 Å². The first-order valence-corrected chi connectivity index (χ1v) is 5.93. The van der Waals surface area contributed by atoms with Crippen molar-refractivity contribution in [2.75, 3.05) is 11.5 Å². The molecule has 0 aliphatic carbocycles. The molecule has 4 heteroatoms. The molecule has 0 atom stereocenters. The van der Waals surface area contributed by atoms with E-state index in [1.807, 2.05) is 19.1 Å². The number of hydrogen-bond acceptors (Lipinski definition) is 4. The van der Waals surface area contributed by atoms with E-state index in [9.17, 15) is 0 Å². The fourth-order valence-electron chi connectivity index (χ4n) is 1.33. The molecule has 0 spiro atoms. The Kier molecular flexibility index (Phi) is 2.25. The second-order valence-corrected chi connectivity index (χ2v) is 5.78. The van der Waals surface area contributed by atoms with Crippen LogP contribution in [0.25, 0.3) is 9.75 Å². The molecule has 74 valence electrons. The molecule has 0 saturated heterocycles. The molecule has 2 aromatic heterocycles. The molecular weight excluding hydrogens is 212 g/mol. The first-order chi connectivity index (χ1) is 6.58. The second-order valence-electron chi connectivity index (χ2n) is 3.26. The molecule has 14 heavy (non-hydrogen) atoms. The van der Waals surface area contributed by atoms with E-state index in [-0.39, 0.29) is 0 Å². The predicted octanol–water partition coefficient (Wildman–Crippen LogP) is 3.26. The van der Waals surface area contributed by atoms with Gasteiger partial charge in [-0.2, -0.15) is 0 Å². The summed E-state index contributed by atoms with van der Waals surface area (Å²) in [6.07, 6.45) is 0. The lowest BCUT2D eigenvalue weighted by molar-refractivity contribution is 1.62. The summed E-state index contributed by atoms with van der Waals surface area (Å²) in [6.45, 7) is 4.09. The molecule has 0 unspecified atom stereocenters. The Morgan fingerprint density at radius 2 is 1.71 bits per heavy atom. The second kappa shape index (κ2) is 3.29. The number of rotatable bonds is 1. The van der Waals surface area contributed by atoms with Crippen molar-refractivity contribution in [1.29, 1.82) is 0 Å². The van der Waals surface area contributed by atoms with E-state index < -0.39 is 0 Å². The zero-order valence-electron chi connectivity index (χ0n) is 8.13. The van der Waals surface area contributed by atoms with E-state index in [1.54, 1.807) is 22.7 Å². The number of thiophene rings is 2. The SMILES string of the molecule is Cc1cc(N)c(-c2cc(N)c(C)s2)s1. The van der Waals surface area contributed by atoms with Crippen LogP contribution in [0, 0.1) is 13.8 Å². The number of aryl methyl sites for hydroxylation is 2. The van der Waals surface area contributed by atoms with Crippen molar-refractivity contribution in [1.82, 2.24) is 0 Å². The van der Waals surface area contributed by atoms with Gasteiger partial charge in [-0.05, 0) is 26.0 Å². The number of hydrogen-bond donors (Lipinski definition) is 2. The van der Waals surface area contributed by atoms with Crippen molar-refractivity contribution in [3.8, 4) is 9.75 Å². The lowest BCUT2D eigenvalue weighted by Gasteiger charge is -1.92. The standard InChI is InChI=1S/C10H12N2S2/c1-5-3-8(12)10(13-5)9-4-7(11)6(2)14-9/h3-4H,11-12H2,1-2H3. The highest BCUT2D eigenvalue weighted by Crippen LogP contribution is 2.40. The van der Waals surface area contributed by atoms with Crippen molar-refractivity contribution in [3.63, 3.8) is 0 Å². The molecule has 0 aliphatic heterocycles. The van der Waals surface area contributed by atoms with Gasteiger partial charge in [-0.25, -0.2) is 0 Å². The fourth-order valence-corrected chi connectivity index (χ4v) is 3.33. The summed E-state index contributed by atoms with van der Waals surface area (Å²) < 4.78 is 0. The summed E-state index contributed by atoms with van der Waals surface area (Å²) in [5, 5.41) is 0. The van der Waals surface area contributed by atoms with Gasteiger partial charge in [0.15, 0.2) is 0 Å². The van der Waals surface area contributed by atoms with Gasteiger partial charge in [0.1, 0.15) is 0 Å². The minimum atomic E-state index is 0.855. The van der Waals surface area contributed by atoms with Crippen molar-refractivity contribution >= 4 is 34.0 Å². The monoisotopic (exact) mass is 224 g/mol. The smallest absolute Gasteiger partial charge is 0.0675 e. The van der Waals surface area contributed by atoms with Crippen LogP contribution in [0.2, 0.25) is 0 Å². The highest BCUT2D eigenvalue weighted by Gasteiger charge is 2.10. The van der Waals surface area contributed by atoms with Crippen LogP contribution in [-0.4, -0.2) is 0 Å². The molecule has 0 fully saturated rings. The van der Waals surface area contributed by atoms with Crippen molar-refractivity contribution in [2.45, 2.75) is 13.8 Å². The fraction of sp³-hybridized carbons (Fsp3) is 0.200. The molecule has 0 aliphatic rings. The van der Waals surface area contributed by atoms with Gasteiger partial charge in [0.2, 0.25) is 0 Å². The van der Waals surface area contributed by atoms with Gasteiger partial charge in [-0.3, -0.25) is 0 Å².